The molecular formula is C22H31N5O2S. The number of hydrogen-bond donors (Lipinski definition) is 0. The van der Waals surface area contributed by atoms with Crippen LogP contribution in [0.5, 0.6) is 0 Å². The van der Waals surface area contributed by atoms with Gasteiger partial charge in [0.1, 0.15) is 5.82 Å². The molecule has 2 aromatic heterocycles. The van der Waals surface area contributed by atoms with E-state index in [4.69, 9.17) is 4.98 Å². The molecule has 2 aliphatic heterocycles. The zero-order valence-corrected chi connectivity index (χ0v) is 18.7. The largest absolute Gasteiger partial charge is 0.331 e. The number of imidazole rings is 1. The highest BCUT2D eigenvalue weighted by atomic mass is 32.2. The molecule has 0 atom stereocenters. The maximum absolute atomic E-state index is 12.1. The molecule has 1 saturated heterocycles. The van der Waals surface area contributed by atoms with Crippen molar-refractivity contribution < 1.29 is 8.42 Å². The van der Waals surface area contributed by atoms with E-state index in [-0.39, 0.29) is 5.41 Å². The molecule has 0 bridgehead atoms. The first kappa shape index (κ1) is 20.2. The fourth-order valence-corrected chi connectivity index (χ4v) is 6.09. The Labute approximate surface area is 179 Å². The summed E-state index contributed by atoms with van der Waals surface area (Å²) < 4.78 is 28.2. The lowest BCUT2D eigenvalue weighted by Gasteiger charge is -2.46. The summed E-state index contributed by atoms with van der Waals surface area (Å²) in [6, 6.07) is 6.08. The Balaban J connectivity index is 1.48. The smallest absolute Gasteiger partial charge is 0.211 e. The minimum Gasteiger partial charge on any atom is -0.331 e. The van der Waals surface area contributed by atoms with Gasteiger partial charge in [-0.05, 0) is 50.7 Å². The third-order valence-corrected chi connectivity index (χ3v) is 8.37. The number of piperidine rings is 1. The summed E-state index contributed by atoms with van der Waals surface area (Å²) >= 11 is 0. The summed E-state index contributed by atoms with van der Waals surface area (Å²) in [6.07, 6.45) is 7.46. The van der Waals surface area contributed by atoms with E-state index in [1.807, 2.05) is 18.3 Å². The summed E-state index contributed by atoms with van der Waals surface area (Å²) in [4.78, 5) is 12.1. The van der Waals surface area contributed by atoms with Crippen molar-refractivity contribution in [2.24, 2.45) is 5.92 Å². The first-order chi connectivity index (χ1) is 14.3. The molecule has 1 saturated carbocycles. The molecule has 1 spiro atoms. The lowest BCUT2D eigenvalue weighted by atomic mass is 9.73. The third-order valence-electron chi connectivity index (χ3n) is 7.06. The van der Waals surface area contributed by atoms with E-state index in [0.29, 0.717) is 13.1 Å². The van der Waals surface area contributed by atoms with Gasteiger partial charge in [-0.3, -0.25) is 9.88 Å². The molecule has 0 radical (unpaired) electrons. The quantitative estimate of drug-likeness (QED) is 0.729. The van der Waals surface area contributed by atoms with Gasteiger partial charge in [-0.1, -0.05) is 6.07 Å². The van der Waals surface area contributed by atoms with E-state index >= 15 is 0 Å². The highest BCUT2D eigenvalue weighted by molar-refractivity contribution is 7.88. The number of pyridine rings is 1. The Morgan fingerprint density at radius 1 is 1.20 bits per heavy atom. The molecule has 2 aromatic rings. The van der Waals surface area contributed by atoms with Crippen LogP contribution in [0, 0.1) is 12.8 Å². The molecule has 1 aliphatic carbocycles. The number of hydrogen-bond acceptors (Lipinski definition) is 5. The second kappa shape index (κ2) is 7.43. The topological polar surface area (TPSA) is 71.3 Å². The number of aryl methyl sites for hydroxylation is 1. The van der Waals surface area contributed by atoms with Gasteiger partial charge in [-0.15, -0.1) is 0 Å². The van der Waals surface area contributed by atoms with Crippen molar-refractivity contribution in [1.82, 2.24) is 23.7 Å². The van der Waals surface area contributed by atoms with Crippen molar-refractivity contribution in [3.63, 3.8) is 0 Å². The molecular weight excluding hydrogens is 398 g/mol. The van der Waals surface area contributed by atoms with Gasteiger partial charge in [0.25, 0.3) is 0 Å². The van der Waals surface area contributed by atoms with Crippen LogP contribution in [-0.2, 0) is 35.1 Å². The highest BCUT2D eigenvalue weighted by Gasteiger charge is 2.46. The average Bonchev–Trinajstić information content (AvgIpc) is 3.47. The van der Waals surface area contributed by atoms with E-state index in [1.165, 1.54) is 30.5 Å². The summed E-state index contributed by atoms with van der Waals surface area (Å²) in [7, 11) is -3.15. The monoisotopic (exact) mass is 429 g/mol. The Morgan fingerprint density at radius 2 is 1.97 bits per heavy atom. The van der Waals surface area contributed by atoms with Crippen molar-refractivity contribution >= 4 is 10.0 Å². The van der Waals surface area contributed by atoms with Crippen LogP contribution < -0.4 is 0 Å². The van der Waals surface area contributed by atoms with Crippen LogP contribution in [0.4, 0.5) is 0 Å². The van der Waals surface area contributed by atoms with Gasteiger partial charge in [0.2, 0.25) is 10.0 Å². The van der Waals surface area contributed by atoms with Gasteiger partial charge in [0, 0.05) is 50.9 Å². The molecule has 0 unspecified atom stereocenters. The number of sulfonamides is 1. The minimum absolute atomic E-state index is 0.0802. The molecule has 5 rings (SSSR count). The van der Waals surface area contributed by atoms with Crippen LogP contribution >= 0.6 is 0 Å². The second-order valence-electron chi connectivity index (χ2n) is 9.42. The van der Waals surface area contributed by atoms with Gasteiger partial charge in [0.15, 0.2) is 0 Å². The van der Waals surface area contributed by atoms with E-state index < -0.39 is 10.0 Å². The average molecular weight is 430 g/mol. The Bertz CT molecular complexity index is 1020. The van der Waals surface area contributed by atoms with E-state index in [0.717, 1.165) is 56.5 Å². The molecule has 0 N–H and O–H groups in total. The maximum Gasteiger partial charge on any atom is 0.211 e. The molecule has 162 valence electrons. The van der Waals surface area contributed by atoms with Crippen molar-refractivity contribution in [3.05, 3.63) is 47.3 Å². The lowest BCUT2D eigenvalue weighted by Crippen LogP contribution is -2.53. The van der Waals surface area contributed by atoms with Gasteiger partial charge >= 0.3 is 0 Å². The van der Waals surface area contributed by atoms with Gasteiger partial charge in [0.05, 0.1) is 23.3 Å². The van der Waals surface area contributed by atoms with Crippen molar-refractivity contribution in [3.8, 4) is 0 Å². The lowest BCUT2D eigenvalue weighted by molar-refractivity contribution is 0.114. The number of rotatable bonds is 5. The molecule has 30 heavy (non-hydrogen) atoms. The zero-order valence-electron chi connectivity index (χ0n) is 17.9. The molecule has 0 amide bonds. The first-order valence-corrected chi connectivity index (χ1v) is 12.8. The van der Waals surface area contributed by atoms with Crippen molar-refractivity contribution in [1.29, 1.82) is 0 Å². The fraction of sp³-hybridized carbons (Fsp3) is 0.636. The summed E-state index contributed by atoms with van der Waals surface area (Å²) in [6.45, 7) is 6.95. The molecule has 8 heteroatoms. The standard InChI is InChI=1S/C22H31N5O2S/c1-17-24-21-20(27(17)13-18-6-7-18)15-25(14-19-5-3-4-10-23-19)16-22(21)8-11-26(12-9-22)30(2,28)29/h3-5,10,18H,6-9,11-16H2,1-2H3. The van der Waals surface area contributed by atoms with E-state index in [9.17, 15) is 8.42 Å². The van der Waals surface area contributed by atoms with Crippen LogP contribution in [0.25, 0.3) is 0 Å². The molecule has 2 fully saturated rings. The Morgan fingerprint density at radius 3 is 2.60 bits per heavy atom. The predicted molar refractivity (Wildman–Crippen MR) is 115 cm³/mol. The summed E-state index contributed by atoms with van der Waals surface area (Å²) in [5.41, 5.74) is 3.57. The van der Waals surface area contributed by atoms with E-state index in [1.54, 1.807) is 4.31 Å². The molecule has 0 aromatic carbocycles. The molecule has 7 nitrogen and oxygen atoms in total. The fourth-order valence-electron chi connectivity index (χ4n) is 5.24. The van der Waals surface area contributed by atoms with Crippen LogP contribution in [0.1, 0.15) is 48.6 Å². The maximum atomic E-state index is 12.1. The minimum atomic E-state index is -3.15. The van der Waals surface area contributed by atoms with E-state index in [2.05, 4.69) is 27.4 Å². The number of fused-ring (bicyclic) bond motifs is 2. The Kier molecular flexibility index (Phi) is 4.99. The number of nitrogens with zero attached hydrogens (tertiary/aromatic N) is 5. The Hall–Kier alpha value is -1.77. The number of aromatic nitrogens is 3. The second-order valence-corrected chi connectivity index (χ2v) is 11.4. The zero-order chi connectivity index (χ0) is 20.9. The summed E-state index contributed by atoms with van der Waals surface area (Å²) in [5.74, 6) is 1.90. The summed E-state index contributed by atoms with van der Waals surface area (Å²) in [5, 5.41) is 0. The third kappa shape index (κ3) is 3.81. The van der Waals surface area contributed by atoms with Crippen molar-refractivity contribution in [2.75, 3.05) is 25.9 Å². The van der Waals surface area contributed by atoms with Crippen LogP contribution in [-0.4, -0.2) is 58.0 Å². The van der Waals surface area contributed by atoms with Crippen molar-refractivity contribution in [2.45, 2.75) is 57.7 Å². The predicted octanol–water partition coefficient (Wildman–Crippen LogP) is 2.31. The van der Waals surface area contributed by atoms with Gasteiger partial charge in [-0.2, -0.15) is 0 Å². The molecule has 4 heterocycles. The van der Waals surface area contributed by atoms with Crippen LogP contribution in [0.2, 0.25) is 0 Å². The van der Waals surface area contributed by atoms with Gasteiger partial charge < -0.3 is 4.57 Å². The van der Waals surface area contributed by atoms with Crippen LogP contribution in [0.15, 0.2) is 24.4 Å². The highest BCUT2D eigenvalue weighted by Crippen LogP contribution is 2.43. The molecule has 3 aliphatic rings. The normalized spacial score (nSPS) is 22.3. The first-order valence-electron chi connectivity index (χ1n) is 11.0. The van der Waals surface area contributed by atoms with Crippen LogP contribution in [0.3, 0.4) is 0 Å². The van der Waals surface area contributed by atoms with Gasteiger partial charge in [-0.25, -0.2) is 17.7 Å². The SMILES string of the molecule is Cc1nc2c(n1CC1CC1)CN(Cc1ccccn1)CC21CCN(S(C)(=O)=O)CC1.